The van der Waals surface area contributed by atoms with Gasteiger partial charge in [0.05, 0.1) is 18.2 Å². The summed E-state index contributed by atoms with van der Waals surface area (Å²) in [5, 5.41) is 2.88. The fourth-order valence-electron chi connectivity index (χ4n) is 2.97. The molecule has 0 aliphatic rings. The van der Waals surface area contributed by atoms with Crippen molar-refractivity contribution >= 4 is 33.4 Å². The number of methoxy groups -OCH3 is 1. The lowest BCUT2D eigenvalue weighted by atomic mass is 10.1. The number of aryl methyl sites for hydroxylation is 1. The Balaban J connectivity index is 2.20. The molecule has 1 N–H and O–H groups in total. The number of amides is 2. The van der Waals surface area contributed by atoms with Crippen molar-refractivity contribution in [1.82, 2.24) is 4.90 Å². The summed E-state index contributed by atoms with van der Waals surface area (Å²) in [6, 6.07) is 10.9. The highest BCUT2D eigenvalue weighted by molar-refractivity contribution is 9.10. The number of nitrogens with zero attached hydrogens (tertiary/aromatic N) is 1. The number of carbonyl (C=O) groups excluding carboxylic acids is 2. The Morgan fingerprint density at radius 2 is 1.87 bits per heavy atom. The highest BCUT2D eigenvalue weighted by Crippen LogP contribution is 2.37. The molecule has 6 nitrogen and oxygen atoms in total. The maximum absolute atomic E-state index is 13.2. The van der Waals surface area contributed by atoms with Gasteiger partial charge < -0.3 is 19.7 Å². The van der Waals surface area contributed by atoms with Crippen LogP contribution in [-0.4, -0.2) is 43.5 Å². The van der Waals surface area contributed by atoms with Crippen molar-refractivity contribution in [2.45, 2.75) is 33.6 Å². The van der Waals surface area contributed by atoms with E-state index >= 15 is 0 Å². The van der Waals surface area contributed by atoms with Crippen molar-refractivity contribution in [2.24, 2.45) is 0 Å². The van der Waals surface area contributed by atoms with E-state index in [2.05, 4.69) is 21.2 Å². The third-order valence-electron chi connectivity index (χ3n) is 4.46. The predicted molar refractivity (Wildman–Crippen MR) is 122 cm³/mol. The van der Waals surface area contributed by atoms with Crippen molar-refractivity contribution in [3.05, 3.63) is 52.0 Å². The summed E-state index contributed by atoms with van der Waals surface area (Å²) in [6.45, 7) is 6.89. The molecule has 0 saturated heterocycles. The van der Waals surface area contributed by atoms with Gasteiger partial charge in [0.15, 0.2) is 11.5 Å². The number of carbonyl (C=O) groups is 2. The van der Waals surface area contributed by atoms with E-state index in [0.29, 0.717) is 34.7 Å². The SMILES string of the molecule is CCCOc1c(Br)cc(C(=O)N(CCC)CC(=O)Nc2ccccc2C)cc1OC. The summed E-state index contributed by atoms with van der Waals surface area (Å²) >= 11 is 3.47. The molecule has 0 heterocycles. The van der Waals surface area contributed by atoms with Gasteiger partial charge >= 0.3 is 0 Å². The number of benzene rings is 2. The molecule has 0 atom stereocenters. The molecule has 0 saturated carbocycles. The zero-order valence-corrected chi connectivity index (χ0v) is 19.5. The van der Waals surface area contributed by atoms with Gasteiger partial charge in [-0.1, -0.05) is 32.0 Å². The third-order valence-corrected chi connectivity index (χ3v) is 5.05. The van der Waals surface area contributed by atoms with Gasteiger partial charge in [0.2, 0.25) is 5.91 Å². The van der Waals surface area contributed by atoms with Crippen molar-refractivity contribution in [3.63, 3.8) is 0 Å². The molecule has 0 aliphatic carbocycles. The van der Waals surface area contributed by atoms with Gasteiger partial charge in [-0.05, 0) is 59.5 Å². The molecule has 0 aromatic heterocycles. The van der Waals surface area contributed by atoms with Crippen LogP contribution in [0.4, 0.5) is 5.69 Å². The quantitative estimate of drug-likeness (QED) is 0.521. The van der Waals surface area contributed by atoms with Crippen LogP contribution in [-0.2, 0) is 4.79 Å². The maximum Gasteiger partial charge on any atom is 0.254 e. The highest BCUT2D eigenvalue weighted by Gasteiger charge is 2.22. The minimum Gasteiger partial charge on any atom is -0.493 e. The van der Waals surface area contributed by atoms with Crippen molar-refractivity contribution in [2.75, 3.05) is 32.1 Å². The van der Waals surface area contributed by atoms with Crippen LogP contribution in [0.2, 0.25) is 0 Å². The summed E-state index contributed by atoms with van der Waals surface area (Å²) in [4.78, 5) is 27.3. The molecule has 0 radical (unpaired) electrons. The molecule has 2 rings (SSSR count). The average molecular weight is 477 g/mol. The smallest absolute Gasteiger partial charge is 0.254 e. The molecule has 0 spiro atoms. The number of hydrogen-bond donors (Lipinski definition) is 1. The Bertz CT molecular complexity index is 886. The second kappa shape index (κ2) is 11.6. The summed E-state index contributed by atoms with van der Waals surface area (Å²) in [6.07, 6.45) is 1.59. The molecule has 0 aliphatic heterocycles. The Morgan fingerprint density at radius 3 is 2.50 bits per heavy atom. The monoisotopic (exact) mass is 476 g/mol. The second-order valence-corrected chi connectivity index (χ2v) is 7.78. The fourth-order valence-corrected chi connectivity index (χ4v) is 3.53. The Labute approximate surface area is 186 Å². The molecule has 2 amide bonds. The van der Waals surface area contributed by atoms with Gasteiger partial charge in [0.1, 0.15) is 6.54 Å². The average Bonchev–Trinajstić information content (AvgIpc) is 2.73. The summed E-state index contributed by atoms with van der Waals surface area (Å²) in [7, 11) is 1.54. The van der Waals surface area contributed by atoms with Crippen LogP contribution >= 0.6 is 15.9 Å². The lowest BCUT2D eigenvalue weighted by Crippen LogP contribution is -2.38. The van der Waals surface area contributed by atoms with Crippen LogP contribution in [0.25, 0.3) is 0 Å². The van der Waals surface area contributed by atoms with Crippen LogP contribution in [0.3, 0.4) is 0 Å². The minimum absolute atomic E-state index is 0.0327. The highest BCUT2D eigenvalue weighted by atomic mass is 79.9. The molecule has 0 bridgehead atoms. The molecule has 0 unspecified atom stereocenters. The standard InChI is InChI=1S/C23H29BrN2O4/c1-5-11-26(15-21(27)25-19-10-8-7-9-16(19)3)23(28)17-13-18(24)22(30-12-6-2)20(14-17)29-4/h7-10,13-14H,5-6,11-12,15H2,1-4H3,(H,25,27). The van der Waals surface area contributed by atoms with Gasteiger partial charge in [0, 0.05) is 17.8 Å². The van der Waals surface area contributed by atoms with Crippen LogP contribution in [0.15, 0.2) is 40.9 Å². The first-order valence-corrected chi connectivity index (χ1v) is 10.9. The first-order chi connectivity index (χ1) is 14.4. The van der Waals surface area contributed by atoms with Crippen LogP contribution < -0.4 is 14.8 Å². The normalized spacial score (nSPS) is 10.4. The van der Waals surface area contributed by atoms with Crippen LogP contribution in [0, 0.1) is 6.92 Å². The fraction of sp³-hybridized carbons (Fsp3) is 0.391. The van der Waals surface area contributed by atoms with Crippen LogP contribution in [0.1, 0.15) is 42.6 Å². The Morgan fingerprint density at radius 1 is 1.13 bits per heavy atom. The number of hydrogen-bond acceptors (Lipinski definition) is 4. The molecule has 30 heavy (non-hydrogen) atoms. The van der Waals surface area contributed by atoms with E-state index in [1.807, 2.05) is 45.0 Å². The minimum atomic E-state index is -0.238. The first kappa shape index (κ1) is 23.7. The topological polar surface area (TPSA) is 67.9 Å². The third kappa shape index (κ3) is 6.23. The number of halogens is 1. The van der Waals surface area contributed by atoms with E-state index in [0.717, 1.165) is 24.1 Å². The zero-order chi connectivity index (χ0) is 22.1. The Kier molecular flexibility index (Phi) is 9.17. The first-order valence-electron chi connectivity index (χ1n) is 10.1. The van der Waals surface area contributed by atoms with Crippen molar-refractivity contribution in [3.8, 4) is 11.5 Å². The lowest BCUT2D eigenvalue weighted by Gasteiger charge is -2.23. The zero-order valence-electron chi connectivity index (χ0n) is 18.0. The lowest BCUT2D eigenvalue weighted by molar-refractivity contribution is -0.116. The van der Waals surface area contributed by atoms with E-state index in [1.54, 1.807) is 17.0 Å². The molecule has 2 aromatic rings. The van der Waals surface area contributed by atoms with Gasteiger partial charge in [-0.2, -0.15) is 0 Å². The van der Waals surface area contributed by atoms with Crippen molar-refractivity contribution < 1.29 is 19.1 Å². The molecule has 162 valence electrons. The molecular weight excluding hydrogens is 448 g/mol. The molecular formula is C23H29BrN2O4. The summed E-state index contributed by atoms with van der Waals surface area (Å²) in [5.41, 5.74) is 2.14. The van der Waals surface area contributed by atoms with E-state index < -0.39 is 0 Å². The largest absolute Gasteiger partial charge is 0.493 e. The number of rotatable bonds is 10. The van der Waals surface area contributed by atoms with Gasteiger partial charge in [-0.3, -0.25) is 9.59 Å². The number of para-hydroxylation sites is 1. The number of anilines is 1. The van der Waals surface area contributed by atoms with E-state index in [4.69, 9.17) is 9.47 Å². The predicted octanol–water partition coefficient (Wildman–Crippen LogP) is 5.05. The van der Waals surface area contributed by atoms with Gasteiger partial charge in [-0.15, -0.1) is 0 Å². The van der Waals surface area contributed by atoms with E-state index in [1.165, 1.54) is 7.11 Å². The number of ether oxygens (including phenoxy) is 2. The van der Waals surface area contributed by atoms with Gasteiger partial charge in [-0.25, -0.2) is 0 Å². The molecule has 0 fully saturated rings. The number of nitrogens with one attached hydrogen (secondary N) is 1. The van der Waals surface area contributed by atoms with E-state index in [-0.39, 0.29) is 18.4 Å². The van der Waals surface area contributed by atoms with E-state index in [9.17, 15) is 9.59 Å². The summed E-state index contributed by atoms with van der Waals surface area (Å²) in [5.74, 6) is 0.565. The molecule has 7 heteroatoms. The van der Waals surface area contributed by atoms with Gasteiger partial charge in [0.25, 0.3) is 5.91 Å². The Hall–Kier alpha value is -2.54. The van der Waals surface area contributed by atoms with Crippen molar-refractivity contribution in [1.29, 1.82) is 0 Å². The molecule has 2 aromatic carbocycles. The maximum atomic E-state index is 13.2. The second-order valence-electron chi connectivity index (χ2n) is 6.93. The van der Waals surface area contributed by atoms with Crippen LogP contribution in [0.5, 0.6) is 11.5 Å². The summed E-state index contributed by atoms with van der Waals surface area (Å²) < 4.78 is 11.8.